The standard InChI is InChI=1S/C25H33NO5S.C21H27NO3S/c1-4-7-15-25(5-2)18-26(20-11-9-8-10-12-20)22-16-21(31-17-24(27)30-6-3)13-14-23(22)32(28,29)19-25;1-3-5-13-21(4-2)15-22(17-9-7-6-8-10-17)19-14-18(23)11-12-20(19)26(24,25)16-21/h8-14,16H,4-7,15,17-19H2,1-3H3;6-12,14,23H,3-5,13,15-16H2,1-2H3. The summed E-state index contributed by atoms with van der Waals surface area (Å²) in [5, 5.41) is 10.0. The van der Waals surface area contributed by atoms with E-state index in [4.69, 9.17) is 9.47 Å². The lowest BCUT2D eigenvalue weighted by Gasteiger charge is -2.36. The zero-order chi connectivity index (χ0) is 42.0. The fourth-order valence-corrected chi connectivity index (χ4v) is 12.5. The molecule has 0 aromatic heterocycles. The molecule has 0 fully saturated rings. The molecule has 4 aromatic rings. The molecule has 10 nitrogen and oxygen atoms in total. The fourth-order valence-electron chi connectivity index (χ4n) is 8.14. The molecule has 0 saturated carbocycles. The lowest BCUT2D eigenvalue weighted by Crippen LogP contribution is -2.37. The fraction of sp³-hybridized carbons (Fsp3) is 0.457. The van der Waals surface area contributed by atoms with Crippen LogP contribution >= 0.6 is 0 Å². The number of ether oxygens (including phenoxy) is 2. The third kappa shape index (κ3) is 10.5. The molecule has 0 bridgehead atoms. The molecule has 2 aliphatic rings. The van der Waals surface area contributed by atoms with Crippen LogP contribution in [0.5, 0.6) is 11.5 Å². The second kappa shape index (κ2) is 19.5. The highest BCUT2D eigenvalue weighted by molar-refractivity contribution is 7.92. The van der Waals surface area contributed by atoms with Gasteiger partial charge in [0.2, 0.25) is 0 Å². The molecule has 0 radical (unpaired) electrons. The summed E-state index contributed by atoms with van der Waals surface area (Å²) in [6.45, 7) is 11.5. The van der Waals surface area contributed by atoms with Crippen LogP contribution in [-0.4, -0.2) is 65.7 Å². The second-order valence-electron chi connectivity index (χ2n) is 15.7. The highest BCUT2D eigenvalue weighted by Crippen LogP contribution is 2.46. The second-order valence-corrected chi connectivity index (χ2v) is 19.6. The number of para-hydroxylation sites is 2. The highest BCUT2D eigenvalue weighted by Gasteiger charge is 2.43. The van der Waals surface area contributed by atoms with Crippen molar-refractivity contribution in [2.24, 2.45) is 10.8 Å². The number of rotatable bonds is 14. The average Bonchev–Trinajstić information content (AvgIpc) is 3.39. The summed E-state index contributed by atoms with van der Waals surface area (Å²) in [5.41, 5.74) is 2.38. The number of hydrogen-bond acceptors (Lipinski definition) is 10. The van der Waals surface area contributed by atoms with E-state index >= 15 is 0 Å². The van der Waals surface area contributed by atoms with E-state index < -0.39 is 25.6 Å². The zero-order valence-corrected chi connectivity index (χ0v) is 36.3. The summed E-state index contributed by atoms with van der Waals surface area (Å²) < 4.78 is 64.0. The number of unbranched alkanes of at least 4 members (excludes halogenated alkanes) is 2. The van der Waals surface area contributed by atoms with Crippen LogP contribution < -0.4 is 14.5 Å². The molecule has 6 rings (SSSR count). The largest absolute Gasteiger partial charge is 0.508 e. The maximum atomic E-state index is 13.5. The molecule has 1 N–H and O–H groups in total. The number of fused-ring (bicyclic) bond motifs is 2. The predicted molar refractivity (Wildman–Crippen MR) is 232 cm³/mol. The Kier molecular flexibility index (Phi) is 15.0. The lowest BCUT2D eigenvalue weighted by atomic mass is 9.81. The number of sulfone groups is 2. The minimum absolute atomic E-state index is 0.0810. The molecule has 58 heavy (non-hydrogen) atoms. The van der Waals surface area contributed by atoms with Crippen molar-refractivity contribution in [3.63, 3.8) is 0 Å². The van der Waals surface area contributed by atoms with Gasteiger partial charge in [0, 0.05) is 47.4 Å². The van der Waals surface area contributed by atoms with Crippen molar-refractivity contribution in [2.75, 3.05) is 47.6 Å². The topological polar surface area (TPSA) is 131 Å². The van der Waals surface area contributed by atoms with Gasteiger partial charge in [-0.3, -0.25) is 0 Å². The average molecular weight is 833 g/mol. The van der Waals surface area contributed by atoms with E-state index in [0.29, 0.717) is 40.0 Å². The maximum absolute atomic E-state index is 13.5. The summed E-state index contributed by atoms with van der Waals surface area (Å²) >= 11 is 0. The van der Waals surface area contributed by atoms with Crippen LogP contribution in [0.25, 0.3) is 0 Å². The Morgan fingerprint density at radius 1 is 0.655 bits per heavy atom. The number of aromatic hydroxyl groups is 1. The van der Waals surface area contributed by atoms with Crippen LogP contribution in [0.1, 0.15) is 86.0 Å². The van der Waals surface area contributed by atoms with Gasteiger partial charge < -0.3 is 24.4 Å². The van der Waals surface area contributed by atoms with Crippen LogP contribution in [0.4, 0.5) is 22.7 Å². The SMILES string of the molecule is CCCCC1(CC)CN(c2ccccc2)c2cc(O)ccc2S(=O)(=O)C1.CCCCC1(CC)CN(c2ccccc2)c2cc(OCC(=O)OCC)ccc2S(=O)(=O)C1. The first-order valence-corrected chi connectivity index (χ1v) is 23.9. The van der Waals surface area contributed by atoms with Gasteiger partial charge in [0.1, 0.15) is 11.5 Å². The van der Waals surface area contributed by atoms with Gasteiger partial charge in [-0.1, -0.05) is 89.8 Å². The van der Waals surface area contributed by atoms with Crippen LogP contribution in [0, 0.1) is 10.8 Å². The molecule has 314 valence electrons. The van der Waals surface area contributed by atoms with Gasteiger partial charge in [-0.05, 0) is 81.1 Å². The molecule has 0 saturated heterocycles. The van der Waals surface area contributed by atoms with E-state index in [1.165, 1.54) is 6.07 Å². The summed E-state index contributed by atoms with van der Waals surface area (Å²) in [6.07, 6.45) is 7.35. The van der Waals surface area contributed by atoms with E-state index in [1.807, 2.05) is 60.7 Å². The number of carbonyl (C=O) groups excluding carboxylic acids is 1. The van der Waals surface area contributed by atoms with Crippen molar-refractivity contribution in [2.45, 2.75) is 95.8 Å². The zero-order valence-electron chi connectivity index (χ0n) is 34.7. The van der Waals surface area contributed by atoms with Crippen molar-refractivity contribution in [3.8, 4) is 11.5 Å². The molecule has 0 spiro atoms. The molecular formula is C46H60N2O8S2. The Hall–Kier alpha value is -4.55. The van der Waals surface area contributed by atoms with Gasteiger partial charge in [0.15, 0.2) is 26.3 Å². The number of phenols is 1. The van der Waals surface area contributed by atoms with Crippen LogP contribution in [0.3, 0.4) is 0 Å². The van der Waals surface area contributed by atoms with Gasteiger partial charge in [-0.15, -0.1) is 0 Å². The van der Waals surface area contributed by atoms with Crippen molar-refractivity contribution in [1.82, 2.24) is 0 Å². The van der Waals surface area contributed by atoms with Crippen LogP contribution in [0.15, 0.2) is 107 Å². The van der Waals surface area contributed by atoms with Gasteiger partial charge in [0.05, 0.1) is 39.3 Å². The van der Waals surface area contributed by atoms with Crippen LogP contribution in [0.2, 0.25) is 0 Å². The van der Waals surface area contributed by atoms with Gasteiger partial charge in [0.25, 0.3) is 0 Å². The summed E-state index contributed by atoms with van der Waals surface area (Å²) in [6, 6.07) is 29.2. The Morgan fingerprint density at radius 3 is 1.57 bits per heavy atom. The van der Waals surface area contributed by atoms with E-state index in [-0.39, 0.29) is 41.3 Å². The Morgan fingerprint density at radius 2 is 1.12 bits per heavy atom. The third-order valence-electron chi connectivity index (χ3n) is 11.5. The normalized spacial score (nSPS) is 20.6. The molecule has 4 aromatic carbocycles. The van der Waals surface area contributed by atoms with Crippen molar-refractivity contribution < 1.29 is 36.2 Å². The Labute approximate surface area is 346 Å². The number of nitrogens with zero attached hydrogens (tertiary/aromatic N) is 2. The summed E-state index contributed by atoms with van der Waals surface area (Å²) in [5.74, 6) is 0.329. The third-order valence-corrected chi connectivity index (χ3v) is 15.5. The van der Waals surface area contributed by atoms with Gasteiger partial charge in [-0.2, -0.15) is 0 Å². The minimum Gasteiger partial charge on any atom is -0.508 e. The Balaban J connectivity index is 0.000000226. The smallest absolute Gasteiger partial charge is 0.344 e. The lowest BCUT2D eigenvalue weighted by molar-refractivity contribution is -0.145. The molecule has 2 unspecified atom stereocenters. The first-order chi connectivity index (χ1) is 27.7. The summed E-state index contributed by atoms with van der Waals surface area (Å²) in [4.78, 5) is 16.5. The van der Waals surface area contributed by atoms with Crippen molar-refractivity contribution >= 4 is 48.4 Å². The van der Waals surface area contributed by atoms with Gasteiger partial charge >= 0.3 is 5.97 Å². The molecule has 12 heteroatoms. The molecule has 2 heterocycles. The Bertz CT molecular complexity index is 2200. The predicted octanol–water partition coefficient (Wildman–Crippen LogP) is 10.0. The number of carbonyl (C=O) groups is 1. The highest BCUT2D eigenvalue weighted by atomic mass is 32.2. The van der Waals surface area contributed by atoms with Crippen LogP contribution in [-0.2, 0) is 29.2 Å². The number of anilines is 4. The van der Waals surface area contributed by atoms with Crippen molar-refractivity contribution in [3.05, 3.63) is 97.1 Å². The number of esters is 1. The molecule has 2 aliphatic heterocycles. The molecular weight excluding hydrogens is 773 g/mol. The first kappa shape index (κ1) is 44.6. The number of benzene rings is 4. The maximum Gasteiger partial charge on any atom is 0.344 e. The van der Waals surface area contributed by atoms with E-state index in [2.05, 4.69) is 37.5 Å². The summed E-state index contributed by atoms with van der Waals surface area (Å²) in [7, 11) is -6.95. The van der Waals surface area contributed by atoms with E-state index in [1.54, 1.807) is 37.3 Å². The quantitative estimate of drug-likeness (QED) is 0.123. The molecule has 2 atom stereocenters. The van der Waals surface area contributed by atoms with E-state index in [0.717, 1.165) is 62.7 Å². The monoisotopic (exact) mass is 832 g/mol. The van der Waals surface area contributed by atoms with Crippen molar-refractivity contribution in [1.29, 1.82) is 0 Å². The molecule has 0 amide bonds. The van der Waals surface area contributed by atoms with Gasteiger partial charge in [-0.25, -0.2) is 21.6 Å². The number of phenolic OH excluding ortho intramolecular Hbond substituents is 1. The first-order valence-electron chi connectivity index (χ1n) is 20.6. The minimum atomic E-state index is -3.52. The molecule has 0 aliphatic carbocycles. The number of hydrogen-bond donors (Lipinski definition) is 1. The van der Waals surface area contributed by atoms with E-state index in [9.17, 15) is 26.7 Å².